The maximum atomic E-state index is 13.1. The second-order valence-corrected chi connectivity index (χ2v) is 8.63. The molecule has 0 spiro atoms. The number of aromatic nitrogens is 3. The quantitative estimate of drug-likeness (QED) is 0.696. The van der Waals surface area contributed by atoms with Gasteiger partial charge < -0.3 is 10.2 Å². The third-order valence-corrected chi connectivity index (χ3v) is 6.36. The molecule has 31 heavy (non-hydrogen) atoms. The van der Waals surface area contributed by atoms with Gasteiger partial charge in [0, 0.05) is 31.5 Å². The molecule has 0 saturated carbocycles. The first kappa shape index (κ1) is 19.9. The lowest BCUT2D eigenvalue weighted by molar-refractivity contribution is 0.0758. The van der Waals surface area contributed by atoms with Gasteiger partial charge in [0.1, 0.15) is 5.82 Å². The van der Waals surface area contributed by atoms with Crippen molar-refractivity contribution in [3.8, 4) is 0 Å². The Morgan fingerprint density at radius 1 is 1.00 bits per heavy atom. The summed E-state index contributed by atoms with van der Waals surface area (Å²) in [4.78, 5) is 19.7. The van der Waals surface area contributed by atoms with Gasteiger partial charge in [-0.25, -0.2) is 9.67 Å². The van der Waals surface area contributed by atoms with Crippen LogP contribution in [-0.2, 0) is 25.8 Å². The fourth-order valence-corrected chi connectivity index (χ4v) is 4.60. The molecule has 2 aliphatic rings. The molecule has 160 valence electrons. The summed E-state index contributed by atoms with van der Waals surface area (Å²) in [5, 5.41) is 8.11. The Bertz CT molecular complexity index is 996. The van der Waals surface area contributed by atoms with Crippen molar-refractivity contribution in [1.29, 1.82) is 0 Å². The van der Waals surface area contributed by atoms with E-state index in [2.05, 4.69) is 29.6 Å². The number of amides is 1. The van der Waals surface area contributed by atoms with Crippen molar-refractivity contribution in [2.24, 2.45) is 5.92 Å². The van der Waals surface area contributed by atoms with Crippen molar-refractivity contribution in [3.05, 3.63) is 82.9 Å². The van der Waals surface area contributed by atoms with Crippen LogP contribution < -0.4 is 5.32 Å². The van der Waals surface area contributed by atoms with Crippen LogP contribution in [0.5, 0.6) is 0 Å². The molecule has 1 unspecified atom stereocenters. The first-order valence-electron chi connectivity index (χ1n) is 11.3. The minimum atomic E-state index is 0.101. The smallest absolute Gasteiger partial charge is 0.253 e. The van der Waals surface area contributed by atoms with Gasteiger partial charge in [0.2, 0.25) is 0 Å². The fraction of sp³-hybridized carbons (Fsp3) is 0.400. The van der Waals surface area contributed by atoms with E-state index in [0.29, 0.717) is 25.6 Å². The molecule has 3 heterocycles. The van der Waals surface area contributed by atoms with E-state index in [-0.39, 0.29) is 5.91 Å². The Morgan fingerprint density at radius 3 is 2.61 bits per heavy atom. The number of benzene rings is 2. The zero-order chi connectivity index (χ0) is 21.0. The molecule has 1 N–H and O–H groups in total. The van der Waals surface area contributed by atoms with Crippen molar-refractivity contribution in [3.63, 3.8) is 0 Å². The highest BCUT2D eigenvalue weighted by molar-refractivity contribution is 5.94. The Hall–Kier alpha value is -2.99. The molecule has 2 aliphatic heterocycles. The maximum Gasteiger partial charge on any atom is 0.253 e. The van der Waals surface area contributed by atoms with E-state index in [1.54, 1.807) is 0 Å². The molecular formula is C25H29N5O. The Kier molecular flexibility index (Phi) is 5.80. The summed E-state index contributed by atoms with van der Waals surface area (Å²) in [6.07, 6.45) is 3.81. The highest BCUT2D eigenvalue weighted by Gasteiger charge is 2.22. The van der Waals surface area contributed by atoms with E-state index in [1.165, 1.54) is 17.5 Å². The lowest BCUT2D eigenvalue weighted by Gasteiger charge is -2.20. The Morgan fingerprint density at radius 2 is 1.84 bits per heavy atom. The van der Waals surface area contributed by atoms with Crippen LogP contribution in [0.4, 0.5) is 0 Å². The second kappa shape index (κ2) is 9.02. The van der Waals surface area contributed by atoms with E-state index in [1.807, 2.05) is 39.9 Å². The topological polar surface area (TPSA) is 63.1 Å². The SMILES string of the molecule is O=C(c1ccc(CC2CCNC2)cc1)N1CCc2nc(Cc3ccccc3)nn2CC1. The lowest BCUT2D eigenvalue weighted by Crippen LogP contribution is -2.33. The molecule has 5 rings (SSSR count). The maximum absolute atomic E-state index is 13.1. The molecule has 6 nitrogen and oxygen atoms in total. The standard InChI is InChI=1S/C25H29N5O/c31-25(22-8-6-20(7-9-22)16-21-10-12-26-18-21)29-13-11-24-27-23(28-30(24)15-14-29)17-19-4-2-1-3-5-19/h1-9,21,26H,10-18H2. The van der Waals surface area contributed by atoms with Crippen LogP contribution in [0.3, 0.4) is 0 Å². The molecule has 0 radical (unpaired) electrons. The van der Waals surface area contributed by atoms with E-state index < -0.39 is 0 Å². The highest BCUT2D eigenvalue weighted by Crippen LogP contribution is 2.17. The van der Waals surface area contributed by atoms with Crippen molar-refractivity contribution < 1.29 is 4.79 Å². The number of carbonyl (C=O) groups is 1. The largest absolute Gasteiger partial charge is 0.336 e. The third-order valence-electron chi connectivity index (χ3n) is 6.36. The number of nitrogens with zero attached hydrogens (tertiary/aromatic N) is 4. The summed E-state index contributed by atoms with van der Waals surface area (Å²) in [5.74, 6) is 2.65. The molecule has 0 bridgehead atoms. The molecule has 1 fully saturated rings. The van der Waals surface area contributed by atoms with Crippen molar-refractivity contribution in [1.82, 2.24) is 25.0 Å². The molecule has 1 aromatic heterocycles. The zero-order valence-electron chi connectivity index (χ0n) is 17.8. The van der Waals surface area contributed by atoms with Crippen molar-refractivity contribution >= 4 is 5.91 Å². The van der Waals surface area contributed by atoms with Crippen molar-refractivity contribution in [2.75, 3.05) is 26.2 Å². The number of carbonyl (C=O) groups excluding carboxylic acids is 1. The van der Waals surface area contributed by atoms with E-state index >= 15 is 0 Å². The Balaban J connectivity index is 1.20. The average molecular weight is 416 g/mol. The van der Waals surface area contributed by atoms with Crippen LogP contribution in [-0.4, -0.2) is 51.8 Å². The van der Waals surface area contributed by atoms with E-state index in [0.717, 1.165) is 49.6 Å². The molecule has 2 aromatic carbocycles. The second-order valence-electron chi connectivity index (χ2n) is 8.63. The van der Waals surface area contributed by atoms with Gasteiger partial charge in [0.25, 0.3) is 5.91 Å². The molecule has 1 amide bonds. The van der Waals surface area contributed by atoms with Gasteiger partial charge >= 0.3 is 0 Å². The zero-order valence-corrected chi connectivity index (χ0v) is 17.8. The molecular weight excluding hydrogens is 386 g/mol. The Labute approximate surface area is 183 Å². The van der Waals surface area contributed by atoms with Gasteiger partial charge in [-0.3, -0.25) is 4.79 Å². The molecule has 0 aliphatic carbocycles. The van der Waals surface area contributed by atoms with E-state index in [4.69, 9.17) is 10.1 Å². The van der Waals surface area contributed by atoms with Gasteiger partial charge in [-0.15, -0.1) is 0 Å². The number of nitrogens with one attached hydrogen (secondary N) is 1. The predicted octanol–water partition coefficient (Wildman–Crippen LogP) is 2.72. The number of hydrogen-bond acceptors (Lipinski definition) is 4. The minimum absolute atomic E-state index is 0.101. The number of fused-ring (bicyclic) bond motifs is 1. The molecule has 3 aromatic rings. The number of hydrogen-bond donors (Lipinski definition) is 1. The van der Waals surface area contributed by atoms with Gasteiger partial charge in [0.15, 0.2) is 5.82 Å². The predicted molar refractivity (Wildman–Crippen MR) is 120 cm³/mol. The van der Waals surface area contributed by atoms with Crippen LogP contribution in [0.15, 0.2) is 54.6 Å². The minimum Gasteiger partial charge on any atom is -0.336 e. The molecule has 1 saturated heterocycles. The normalized spacial score (nSPS) is 18.6. The van der Waals surface area contributed by atoms with Gasteiger partial charge in [0.05, 0.1) is 6.54 Å². The van der Waals surface area contributed by atoms with Crippen LogP contribution in [0.2, 0.25) is 0 Å². The summed E-state index contributed by atoms with van der Waals surface area (Å²) < 4.78 is 1.98. The summed E-state index contributed by atoms with van der Waals surface area (Å²) in [6.45, 7) is 4.25. The fourth-order valence-electron chi connectivity index (χ4n) is 4.60. The monoisotopic (exact) mass is 415 g/mol. The third kappa shape index (κ3) is 4.69. The first-order chi connectivity index (χ1) is 15.2. The van der Waals surface area contributed by atoms with Gasteiger partial charge in [-0.05, 0) is 55.1 Å². The van der Waals surface area contributed by atoms with Crippen molar-refractivity contribution in [2.45, 2.75) is 32.2 Å². The lowest BCUT2D eigenvalue weighted by atomic mass is 9.98. The summed E-state index contributed by atoms with van der Waals surface area (Å²) >= 11 is 0. The first-order valence-corrected chi connectivity index (χ1v) is 11.3. The summed E-state index contributed by atoms with van der Waals surface area (Å²) in [7, 11) is 0. The van der Waals surface area contributed by atoms with Gasteiger partial charge in [-0.2, -0.15) is 5.10 Å². The van der Waals surface area contributed by atoms with Crippen LogP contribution in [0, 0.1) is 5.92 Å². The van der Waals surface area contributed by atoms with Crippen LogP contribution in [0.25, 0.3) is 0 Å². The molecule has 6 heteroatoms. The van der Waals surface area contributed by atoms with Gasteiger partial charge in [-0.1, -0.05) is 42.5 Å². The number of rotatable bonds is 5. The van der Waals surface area contributed by atoms with E-state index in [9.17, 15) is 4.79 Å². The highest BCUT2D eigenvalue weighted by atomic mass is 16.2. The summed E-state index contributed by atoms with van der Waals surface area (Å²) in [6, 6.07) is 18.5. The molecule has 1 atom stereocenters. The summed E-state index contributed by atoms with van der Waals surface area (Å²) in [5.41, 5.74) is 3.30. The average Bonchev–Trinajstić information content (AvgIpc) is 3.40. The van der Waals surface area contributed by atoms with Crippen LogP contribution in [0.1, 0.15) is 39.6 Å². The van der Waals surface area contributed by atoms with Crippen LogP contribution >= 0.6 is 0 Å².